The smallest absolute Gasteiger partial charge is 0.195 e. The molecule has 2 aliphatic heterocycles. The maximum Gasteiger partial charge on any atom is 0.195 e. The van der Waals surface area contributed by atoms with Crippen LogP contribution >= 0.6 is 0 Å². The van der Waals surface area contributed by atoms with E-state index < -0.39 is 0 Å². The molecular formula is C33H39N5O2. The van der Waals surface area contributed by atoms with Crippen molar-refractivity contribution in [3.8, 4) is 6.07 Å². The SMILES string of the molecule is CC1(C)c2cc(N3CCOCC3)c(CCCN3CCN(C4CC4)CC3)cc2C(=O)c2c1[nH]c1cc(C#N)ccc21. The molecule has 3 fully saturated rings. The van der Waals surface area contributed by atoms with Crippen molar-refractivity contribution in [3.63, 3.8) is 0 Å². The number of ketones is 1. The summed E-state index contributed by atoms with van der Waals surface area (Å²) in [5, 5.41) is 10.3. The zero-order valence-electron chi connectivity index (χ0n) is 23.8. The summed E-state index contributed by atoms with van der Waals surface area (Å²) in [5.74, 6) is 0.0891. The molecule has 0 radical (unpaired) electrons. The van der Waals surface area contributed by atoms with E-state index in [2.05, 4.69) is 51.7 Å². The van der Waals surface area contributed by atoms with Gasteiger partial charge < -0.3 is 19.5 Å². The molecule has 4 aliphatic rings. The van der Waals surface area contributed by atoms with E-state index in [4.69, 9.17) is 4.74 Å². The lowest BCUT2D eigenvalue weighted by atomic mass is 9.70. The first kappa shape index (κ1) is 25.8. The van der Waals surface area contributed by atoms with Crippen LogP contribution < -0.4 is 4.90 Å². The summed E-state index contributed by atoms with van der Waals surface area (Å²) in [4.78, 5) is 25.4. The molecule has 0 spiro atoms. The average molecular weight is 538 g/mol. The molecule has 3 aromatic rings. The van der Waals surface area contributed by atoms with Crippen molar-refractivity contribution < 1.29 is 9.53 Å². The normalized spacial score (nSPS) is 21.3. The van der Waals surface area contributed by atoms with Crippen LogP contribution in [-0.4, -0.2) is 85.6 Å². The molecule has 2 aromatic carbocycles. The molecule has 7 nitrogen and oxygen atoms in total. The summed E-state index contributed by atoms with van der Waals surface area (Å²) in [6.45, 7) is 13.5. The van der Waals surface area contributed by atoms with Gasteiger partial charge in [-0.2, -0.15) is 5.26 Å². The van der Waals surface area contributed by atoms with Crippen molar-refractivity contribution in [3.05, 3.63) is 63.8 Å². The van der Waals surface area contributed by atoms with E-state index in [1.54, 1.807) is 0 Å². The fourth-order valence-electron chi connectivity index (χ4n) is 7.16. The van der Waals surface area contributed by atoms with E-state index in [1.807, 2.05) is 18.2 Å². The third-order valence-corrected chi connectivity index (χ3v) is 9.66. The van der Waals surface area contributed by atoms with E-state index in [-0.39, 0.29) is 11.2 Å². The van der Waals surface area contributed by atoms with Gasteiger partial charge >= 0.3 is 0 Å². The number of morpholine rings is 1. The maximum absolute atomic E-state index is 14.1. The molecule has 208 valence electrons. The number of rotatable bonds is 6. The van der Waals surface area contributed by atoms with Crippen LogP contribution in [0.5, 0.6) is 0 Å². The largest absolute Gasteiger partial charge is 0.378 e. The number of ether oxygens (including phenoxy) is 1. The van der Waals surface area contributed by atoms with Gasteiger partial charge in [-0.05, 0) is 67.6 Å². The fourth-order valence-corrected chi connectivity index (χ4v) is 7.16. The summed E-state index contributed by atoms with van der Waals surface area (Å²) in [6, 6.07) is 13.2. The molecule has 2 aliphatic carbocycles. The summed E-state index contributed by atoms with van der Waals surface area (Å²) in [5.41, 5.74) is 7.23. The van der Waals surface area contributed by atoms with Gasteiger partial charge in [0.05, 0.1) is 30.4 Å². The van der Waals surface area contributed by atoms with Gasteiger partial charge in [-0.15, -0.1) is 0 Å². The Morgan fingerprint density at radius 2 is 1.82 bits per heavy atom. The average Bonchev–Trinajstić information content (AvgIpc) is 3.76. The van der Waals surface area contributed by atoms with Gasteiger partial charge in [-0.3, -0.25) is 9.69 Å². The minimum absolute atomic E-state index is 0.0891. The van der Waals surface area contributed by atoms with Gasteiger partial charge in [0.1, 0.15) is 0 Å². The number of aromatic amines is 1. The summed E-state index contributed by atoms with van der Waals surface area (Å²) in [7, 11) is 0. The van der Waals surface area contributed by atoms with Crippen molar-refractivity contribution in [1.82, 2.24) is 14.8 Å². The molecule has 1 aromatic heterocycles. The summed E-state index contributed by atoms with van der Waals surface area (Å²) < 4.78 is 5.69. The predicted octanol–water partition coefficient (Wildman–Crippen LogP) is 4.46. The number of benzene rings is 2. The summed E-state index contributed by atoms with van der Waals surface area (Å²) >= 11 is 0. The number of nitrogens with one attached hydrogen (secondary N) is 1. The number of hydrogen-bond donors (Lipinski definition) is 1. The number of aryl methyl sites for hydroxylation is 1. The Balaban J connectivity index is 1.21. The second-order valence-electron chi connectivity index (χ2n) is 12.5. The topological polar surface area (TPSA) is 75.6 Å². The van der Waals surface area contributed by atoms with Gasteiger partial charge in [0.2, 0.25) is 0 Å². The molecule has 3 heterocycles. The second-order valence-corrected chi connectivity index (χ2v) is 12.5. The fraction of sp³-hybridized carbons (Fsp3) is 0.515. The zero-order chi connectivity index (χ0) is 27.4. The molecule has 0 unspecified atom stereocenters. The van der Waals surface area contributed by atoms with Crippen LogP contribution in [-0.2, 0) is 16.6 Å². The standard InChI is InChI=1S/C33H39N5O2/c1-33(2)27-20-29(38-14-16-40-17-15-38)23(4-3-9-36-10-12-37(13-11-36)24-6-7-24)19-26(27)31(39)30-25-8-5-22(21-34)18-28(25)35-32(30)33/h5,8,18-20,24,35H,3-4,6-7,9-17H2,1-2H3. The van der Waals surface area contributed by atoms with Crippen molar-refractivity contribution >= 4 is 22.4 Å². The highest BCUT2D eigenvalue weighted by Crippen LogP contribution is 2.46. The Morgan fingerprint density at radius 1 is 1.05 bits per heavy atom. The number of carbonyl (C=O) groups is 1. The van der Waals surface area contributed by atoms with Crippen molar-refractivity contribution in [1.29, 1.82) is 5.26 Å². The second kappa shape index (κ2) is 10.0. The number of fused-ring (bicyclic) bond motifs is 4. The lowest BCUT2D eigenvalue weighted by Gasteiger charge is -2.37. The van der Waals surface area contributed by atoms with Crippen LogP contribution in [0.25, 0.3) is 10.9 Å². The molecule has 0 amide bonds. The molecule has 1 N–H and O–H groups in total. The number of H-pyrrole nitrogens is 1. The van der Waals surface area contributed by atoms with Gasteiger partial charge in [-0.25, -0.2) is 0 Å². The highest BCUT2D eigenvalue weighted by molar-refractivity contribution is 6.20. The van der Waals surface area contributed by atoms with E-state index >= 15 is 0 Å². The minimum atomic E-state index is -0.370. The molecule has 1 saturated carbocycles. The molecule has 2 saturated heterocycles. The number of aromatic nitrogens is 1. The number of carbonyl (C=O) groups excluding carboxylic acids is 1. The van der Waals surface area contributed by atoms with Crippen molar-refractivity contribution in [2.75, 3.05) is 63.9 Å². The van der Waals surface area contributed by atoms with Crippen LogP contribution in [0.3, 0.4) is 0 Å². The molecule has 0 atom stereocenters. The minimum Gasteiger partial charge on any atom is -0.378 e. The number of piperazine rings is 1. The lowest BCUT2D eigenvalue weighted by molar-refractivity contribution is 0.103. The molecular weight excluding hydrogens is 498 g/mol. The first-order chi connectivity index (χ1) is 19.4. The van der Waals surface area contributed by atoms with Gasteiger partial charge in [0.25, 0.3) is 0 Å². The Bertz CT molecular complexity index is 1500. The highest BCUT2D eigenvalue weighted by Gasteiger charge is 2.40. The molecule has 0 bridgehead atoms. The predicted molar refractivity (Wildman–Crippen MR) is 157 cm³/mol. The molecule has 7 rings (SSSR count). The Morgan fingerprint density at radius 3 is 2.55 bits per heavy atom. The number of anilines is 1. The van der Waals surface area contributed by atoms with Crippen LogP contribution in [0.2, 0.25) is 0 Å². The Hall–Kier alpha value is -3.18. The van der Waals surface area contributed by atoms with Crippen LogP contribution in [0.1, 0.15) is 71.4 Å². The number of nitriles is 1. The van der Waals surface area contributed by atoms with Crippen molar-refractivity contribution in [2.45, 2.75) is 51.0 Å². The maximum atomic E-state index is 14.1. The van der Waals surface area contributed by atoms with E-state index in [0.717, 1.165) is 85.0 Å². The van der Waals surface area contributed by atoms with Gasteiger partial charge in [0, 0.05) is 78.6 Å². The van der Waals surface area contributed by atoms with Crippen molar-refractivity contribution in [2.24, 2.45) is 0 Å². The molecule has 40 heavy (non-hydrogen) atoms. The number of hydrogen-bond acceptors (Lipinski definition) is 6. The van der Waals surface area contributed by atoms with Crippen LogP contribution in [0.4, 0.5) is 5.69 Å². The monoisotopic (exact) mass is 537 g/mol. The van der Waals surface area contributed by atoms with Crippen LogP contribution in [0.15, 0.2) is 30.3 Å². The van der Waals surface area contributed by atoms with E-state index in [9.17, 15) is 10.1 Å². The first-order valence-corrected chi connectivity index (χ1v) is 15.0. The Kier molecular flexibility index (Phi) is 6.46. The van der Waals surface area contributed by atoms with Crippen LogP contribution in [0, 0.1) is 11.3 Å². The third kappa shape index (κ3) is 4.43. The first-order valence-electron chi connectivity index (χ1n) is 15.0. The zero-order valence-corrected chi connectivity index (χ0v) is 23.8. The number of nitrogens with zero attached hydrogens (tertiary/aromatic N) is 4. The molecule has 7 heteroatoms. The van der Waals surface area contributed by atoms with E-state index in [0.29, 0.717) is 5.56 Å². The quantitative estimate of drug-likeness (QED) is 0.501. The van der Waals surface area contributed by atoms with E-state index in [1.165, 1.54) is 50.3 Å². The van der Waals surface area contributed by atoms with Gasteiger partial charge in [0.15, 0.2) is 5.78 Å². The summed E-state index contributed by atoms with van der Waals surface area (Å²) in [6.07, 6.45) is 4.83. The third-order valence-electron chi connectivity index (χ3n) is 9.66. The van der Waals surface area contributed by atoms with Gasteiger partial charge in [-0.1, -0.05) is 19.9 Å². The lowest BCUT2D eigenvalue weighted by Crippen LogP contribution is -2.47. The Labute approximate surface area is 236 Å². The highest BCUT2D eigenvalue weighted by atomic mass is 16.5.